The number of rotatable bonds is 2. The number of aliphatic hydroxyl groups excluding tert-OH is 1. The summed E-state index contributed by atoms with van der Waals surface area (Å²) >= 11 is 0. The van der Waals surface area contributed by atoms with E-state index >= 15 is 0 Å². The third-order valence-corrected chi connectivity index (χ3v) is 2.87. The van der Waals surface area contributed by atoms with E-state index in [9.17, 15) is 5.11 Å². The maximum Gasteiger partial charge on any atom is 0.0835 e. The van der Waals surface area contributed by atoms with Gasteiger partial charge in [-0.3, -0.25) is 4.98 Å². The maximum absolute atomic E-state index is 10.1. The fourth-order valence-corrected chi connectivity index (χ4v) is 1.31. The monoisotopic (exact) mass is 193 g/mol. The van der Waals surface area contributed by atoms with Gasteiger partial charge in [0, 0.05) is 12.4 Å². The molecule has 1 aromatic heterocycles. The van der Waals surface area contributed by atoms with Crippen LogP contribution in [0.1, 0.15) is 39.4 Å². The number of nitrogens with zero attached hydrogens (tertiary/aromatic N) is 1. The molecule has 0 aliphatic heterocycles. The Bertz CT molecular complexity index is 276. The summed E-state index contributed by atoms with van der Waals surface area (Å²) in [5.41, 5.74) is 1.00. The second-order valence-electron chi connectivity index (χ2n) is 4.89. The predicted molar refractivity (Wildman–Crippen MR) is 57.8 cm³/mol. The zero-order chi connectivity index (χ0) is 10.8. The Morgan fingerprint density at radius 1 is 1.36 bits per heavy atom. The molecule has 2 nitrogen and oxygen atoms in total. The van der Waals surface area contributed by atoms with Crippen LogP contribution in [0, 0.1) is 11.3 Å². The Morgan fingerprint density at radius 2 is 2.00 bits per heavy atom. The molecule has 0 saturated carbocycles. The minimum atomic E-state index is -0.427. The molecular formula is C12H19NO. The summed E-state index contributed by atoms with van der Waals surface area (Å²) in [4.78, 5) is 4.01. The summed E-state index contributed by atoms with van der Waals surface area (Å²) in [6.07, 6.45) is 3.02. The molecule has 2 unspecified atom stereocenters. The molecular weight excluding hydrogens is 174 g/mol. The highest BCUT2D eigenvalue weighted by molar-refractivity contribution is 5.13. The van der Waals surface area contributed by atoms with Crippen molar-refractivity contribution >= 4 is 0 Å². The normalized spacial score (nSPS) is 16.4. The number of hydrogen-bond donors (Lipinski definition) is 1. The molecule has 0 radical (unpaired) electrons. The van der Waals surface area contributed by atoms with Crippen LogP contribution in [0.4, 0.5) is 0 Å². The van der Waals surface area contributed by atoms with Gasteiger partial charge in [0.2, 0.25) is 0 Å². The van der Waals surface area contributed by atoms with Crippen molar-refractivity contribution in [3.63, 3.8) is 0 Å². The van der Waals surface area contributed by atoms with Crippen LogP contribution in [0.15, 0.2) is 24.5 Å². The van der Waals surface area contributed by atoms with Crippen molar-refractivity contribution < 1.29 is 5.11 Å². The van der Waals surface area contributed by atoms with Crippen LogP contribution < -0.4 is 0 Å². The highest BCUT2D eigenvalue weighted by Crippen LogP contribution is 2.35. The number of aliphatic hydroxyl groups is 1. The van der Waals surface area contributed by atoms with Crippen LogP contribution >= 0.6 is 0 Å². The largest absolute Gasteiger partial charge is 0.388 e. The minimum Gasteiger partial charge on any atom is -0.388 e. The average Bonchev–Trinajstić information content (AvgIpc) is 2.15. The molecule has 0 spiro atoms. The molecule has 0 bridgehead atoms. The Labute approximate surface area is 86.0 Å². The number of pyridine rings is 1. The van der Waals surface area contributed by atoms with Crippen LogP contribution in [0.3, 0.4) is 0 Å². The molecule has 1 rings (SSSR count). The van der Waals surface area contributed by atoms with Gasteiger partial charge in [-0.1, -0.05) is 33.8 Å². The van der Waals surface area contributed by atoms with Gasteiger partial charge in [0.1, 0.15) is 0 Å². The van der Waals surface area contributed by atoms with Crippen molar-refractivity contribution in [2.24, 2.45) is 11.3 Å². The van der Waals surface area contributed by atoms with E-state index in [1.165, 1.54) is 0 Å². The van der Waals surface area contributed by atoms with E-state index < -0.39 is 6.10 Å². The van der Waals surface area contributed by atoms with Gasteiger partial charge in [0.15, 0.2) is 0 Å². The summed E-state index contributed by atoms with van der Waals surface area (Å²) in [6, 6.07) is 3.77. The molecule has 0 amide bonds. The Kier molecular flexibility index (Phi) is 3.27. The molecule has 0 aliphatic carbocycles. The summed E-state index contributed by atoms with van der Waals surface area (Å²) < 4.78 is 0. The molecule has 1 aromatic rings. The van der Waals surface area contributed by atoms with Crippen LogP contribution in [0.2, 0.25) is 0 Å². The summed E-state index contributed by atoms with van der Waals surface area (Å²) in [5, 5.41) is 10.1. The fourth-order valence-electron chi connectivity index (χ4n) is 1.31. The van der Waals surface area contributed by atoms with Gasteiger partial charge in [0.25, 0.3) is 0 Å². The average molecular weight is 193 g/mol. The first kappa shape index (κ1) is 11.2. The van der Waals surface area contributed by atoms with Gasteiger partial charge in [0.05, 0.1) is 6.10 Å². The molecule has 0 saturated heterocycles. The lowest BCUT2D eigenvalue weighted by molar-refractivity contribution is 0.0533. The molecule has 2 atom stereocenters. The molecule has 1 N–H and O–H groups in total. The van der Waals surface area contributed by atoms with E-state index in [1.807, 2.05) is 12.1 Å². The van der Waals surface area contributed by atoms with Gasteiger partial charge in [-0.05, 0) is 23.0 Å². The standard InChI is InChI=1S/C12H19NO/c1-9(12(2,3)4)11(14)10-6-5-7-13-8-10/h5-9,11,14H,1-4H3. The molecule has 2 heteroatoms. The Balaban J connectivity index is 2.81. The van der Waals surface area contributed by atoms with Crippen molar-refractivity contribution in [3.8, 4) is 0 Å². The van der Waals surface area contributed by atoms with Crippen LogP contribution in [0.5, 0.6) is 0 Å². The smallest absolute Gasteiger partial charge is 0.0835 e. The summed E-state index contributed by atoms with van der Waals surface area (Å²) in [5.74, 6) is 0.215. The Morgan fingerprint density at radius 3 is 2.43 bits per heavy atom. The first-order valence-corrected chi connectivity index (χ1v) is 5.01. The van der Waals surface area contributed by atoms with Gasteiger partial charge < -0.3 is 5.11 Å². The summed E-state index contributed by atoms with van der Waals surface area (Å²) in [7, 11) is 0. The predicted octanol–water partition coefficient (Wildman–Crippen LogP) is 2.80. The van der Waals surface area contributed by atoms with Crippen molar-refractivity contribution in [2.45, 2.75) is 33.8 Å². The lowest BCUT2D eigenvalue weighted by atomic mass is 9.77. The topological polar surface area (TPSA) is 33.1 Å². The van der Waals surface area contributed by atoms with Gasteiger partial charge >= 0.3 is 0 Å². The second-order valence-corrected chi connectivity index (χ2v) is 4.89. The molecule has 1 heterocycles. The van der Waals surface area contributed by atoms with E-state index in [1.54, 1.807) is 12.4 Å². The van der Waals surface area contributed by atoms with Gasteiger partial charge in [-0.25, -0.2) is 0 Å². The van der Waals surface area contributed by atoms with Crippen LogP contribution in [0.25, 0.3) is 0 Å². The van der Waals surface area contributed by atoms with E-state index in [2.05, 4.69) is 32.7 Å². The summed E-state index contributed by atoms with van der Waals surface area (Å²) in [6.45, 7) is 8.48. The molecule has 14 heavy (non-hydrogen) atoms. The molecule has 78 valence electrons. The van der Waals surface area contributed by atoms with E-state index in [4.69, 9.17) is 0 Å². The lowest BCUT2D eigenvalue weighted by Crippen LogP contribution is -2.24. The number of aromatic nitrogens is 1. The highest BCUT2D eigenvalue weighted by atomic mass is 16.3. The van der Waals surface area contributed by atoms with Crippen molar-refractivity contribution in [2.75, 3.05) is 0 Å². The third kappa shape index (κ3) is 2.55. The Hall–Kier alpha value is -0.890. The van der Waals surface area contributed by atoms with Crippen molar-refractivity contribution in [1.29, 1.82) is 0 Å². The zero-order valence-electron chi connectivity index (χ0n) is 9.36. The molecule has 0 aliphatic rings. The molecule has 0 fully saturated rings. The van der Waals surface area contributed by atoms with Crippen molar-refractivity contribution in [1.82, 2.24) is 4.98 Å². The first-order chi connectivity index (χ1) is 6.43. The SMILES string of the molecule is CC(C(O)c1cccnc1)C(C)(C)C. The fraction of sp³-hybridized carbons (Fsp3) is 0.583. The minimum absolute atomic E-state index is 0.106. The van der Waals surface area contributed by atoms with Gasteiger partial charge in [-0.15, -0.1) is 0 Å². The second kappa shape index (κ2) is 4.09. The van der Waals surface area contributed by atoms with E-state index in [0.717, 1.165) is 5.56 Å². The van der Waals surface area contributed by atoms with E-state index in [-0.39, 0.29) is 11.3 Å². The van der Waals surface area contributed by atoms with Gasteiger partial charge in [-0.2, -0.15) is 0 Å². The first-order valence-electron chi connectivity index (χ1n) is 5.01. The zero-order valence-corrected chi connectivity index (χ0v) is 9.36. The number of hydrogen-bond acceptors (Lipinski definition) is 2. The quantitative estimate of drug-likeness (QED) is 0.783. The van der Waals surface area contributed by atoms with Crippen molar-refractivity contribution in [3.05, 3.63) is 30.1 Å². The third-order valence-electron chi connectivity index (χ3n) is 2.87. The van der Waals surface area contributed by atoms with E-state index in [0.29, 0.717) is 0 Å². The lowest BCUT2D eigenvalue weighted by Gasteiger charge is -2.31. The highest BCUT2D eigenvalue weighted by Gasteiger charge is 2.27. The maximum atomic E-state index is 10.1. The van der Waals surface area contributed by atoms with Crippen LogP contribution in [-0.2, 0) is 0 Å². The molecule has 0 aromatic carbocycles. The van der Waals surface area contributed by atoms with Crippen LogP contribution in [-0.4, -0.2) is 10.1 Å².